The first kappa shape index (κ1) is 14.5. The third-order valence-electron chi connectivity index (χ3n) is 3.45. The fraction of sp³-hybridized carbons (Fsp3) is 0.692. The minimum Gasteiger partial charge on any atom is -0.377 e. The molecule has 3 nitrogen and oxygen atoms in total. The summed E-state index contributed by atoms with van der Waals surface area (Å²) in [5.74, 6) is 0. The topological polar surface area (TPSA) is 38.5 Å². The summed E-state index contributed by atoms with van der Waals surface area (Å²) in [5.41, 5.74) is 5.97. The van der Waals surface area contributed by atoms with Crippen LogP contribution in [-0.4, -0.2) is 37.2 Å². The molecule has 2 heterocycles. The minimum absolute atomic E-state index is 0.315. The molecule has 1 fully saturated rings. The Kier molecular flexibility index (Phi) is 5.63. The van der Waals surface area contributed by atoms with Gasteiger partial charge in [-0.2, -0.15) is 0 Å². The molecule has 0 saturated carbocycles. The van der Waals surface area contributed by atoms with Crippen molar-refractivity contribution in [1.82, 2.24) is 4.90 Å². The Labute approximate surface area is 121 Å². The molecule has 2 N–H and O–H groups in total. The van der Waals surface area contributed by atoms with Crippen molar-refractivity contribution in [1.29, 1.82) is 0 Å². The maximum absolute atomic E-state index is 5.97. The smallest absolute Gasteiger partial charge is 0.0703 e. The standard InChI is InChI=1S/C13H21BrN2OS/c1-2-16(9-10-4-3-7-17-10)11(8-15)12-5-6-13(14)18-12/h5-6,10-11H,2-4,7-9,15H2,1H3. The number of hydrogen-bond acceptors (Lipinski definition) is 4. The third-order valence-corrected chi connectivity index (χ3v) is 5.18. The van der Waals surface area contributed by atoms with Gasteiger partial charge in [-0.3, -0.25) is 4.90 Å². The fourth-order valence-electron chi connectivity index (χ4n) is 2.48. The van der Waals surface area contributed by atoms with Gasteiger partial charge in [0, 0.05) is 24.6 Å². The van der Waals surface area contributed by atoms with E-state index < -0.39 is 0 Å². The van der Waals surface area contributed by atoms with Crippen molar-refractivity contribution in [3.05, 3.63) is 20.8 Å². The number of likely N-dealkylation sites (N-methyl/N-ethyl adjacent to an activating group) is 1. The van der Waals surface area contributed by atoms with Crippen molar-refractivity contribution < 1.29 is 4.74 Å². The molecule has 18 heavy (non-hydrogen) atoms. The summed E-state index contributed by atoms with van der Waals surface area (Å²) in [6.07, 6.45) is 2.77. The molecule has 1 aliphatic heterocycles. The second kappa shape index (κ2) is 7.01. The summed E-state index contributed by atoms with van der Waals surface area (Å²) < 4.78 is 6.90. The van der Waals surface area contributed by atoms with Crippen LogP contribution in [0.15, 0.2) is 15.9 Å². The number of ether oxygens (including phenoxy) is 1. The monoisotopic (exact) mass is 332 g/mol. The van der Waals surface area contributed by atoms with Gasteiger partial charge in [0.05, 0.1) is 15.9 Å². The predicted octanol–water partition coefficient (Wildman–Crippen LogP) is 3.01. The lowest BCUT2D eigenvalue weighted by molar-refractivity contribution is 0.0607. The van der Waals surface area contributed by atoms with E-state index in [9.17, 15) is 0 Å². The van der Waals surface area contributed by atoms with Crippen molar-refractivity contribution in [2.45, 2.75) is 31.9 Å². The number of nitrogens with two attached hydrogens (primary N) is 1. The number of rotatable bonds is 6. The lowest BCUT2D eigenvalue weighted by atomic mass is 10.1. The molecule has 5 heteroatoms. The van der Waals surface area contributed by atoms with Gasteiger partial charge in [0.1, 0.15) is 0 Å². The molecule has 1 aromatic heterocycles. The highest BCUT2D eigenvalue weighted by molar-refractivity contribution is 9.11. The Morgan fingerprint density at radius 3 is 2.94 bits per heavy atom. The molecule has 0 aromatic carbocycles. The summed E-state index contributed by atoms with van der Waals surface area (Å²) in [7, 11) is 0. The second-order valence-electron chi connectivity index (χ2n) is 4.62. The highest BCUT2D eigenvalue weighted by atomic mass is 79.9. The van der Waals surface area contributed by atoms with Crippen molar-refractivity contribution in [2.24, 2.45) is 5.73 Å². The summed E-state index contributed by atoms with van der Waals surface area (Å²) in [6.45, 7) is 5.78. The SMILES string of the molecule is CCN(CC1CCCO1)C(CN)c1ccc(Br)s1. The second-order valence-corrected chi connectivity index (χ2v) is 7.11. The van der Waals surface area contributed by atoms with Crippen LogP contribution >= 0.6 is 27.3 Å². The van der Waals surface area contributed by atoms with Crippen molar-refractivity contribution in [3.63, 3.8) is 0 Å². The van der Waals surface area contributed by atoms with E-state index in [0.717, 1.165) is 19.7 Å². The molecule has 1 aliphatic rings. The number of nitrogens with zero attached hydrogens (tertiary/aromatic N) is 1. The van der Waals surface area contributed by atoms with E-state index in [1.807, 2.05) is 0 Å². The number of halogens is 1. The highest BCUT2D eigenvalue weighted by Gasteiger charge is 2.24. The Balaban J connectivity index is 2.03. The zero-order valence-electron chi connectivity index (χ0n) is 10.8. The van der Waals surface area contributed by atoms with E-state index in [-0.39, 0.29) is 0 Å². The molecule has 2 unspecified atom stereocenters. The fourth-order valence-corrected chi connectivity index (χ4v) is 4.05. The Morgan fingerprint density at radius 2 is 2.44 bits per heavy atom. The van der Waals surface area contributed by atoms with Gasteiger partial charge in [-0.15, -0.1) is 11.3 Å². The Morgan fingerprint density at radius 1 is 1.61 bits per heavy atom. The van der Waals surface area contributed by atoms with Crippen LogP contribution in [0, 0.1) is 0 Å². The van der Waals surface area contributed by atoms with Crippen molar-refractivity contribution >= 4 is 27.3 Å². The van der Waals surface area contributed by atoms with Gasteiger partial charge >= 0.3 is 0 Å². The molecule has 0 amide bonds. The van der Waals surface area contributed by atoms with Crippen LogP contribution < -0.4 is 5.73 Å². The zero-order chi connectivity index (χ0) is 13.0. The van der Waals surface area contributed by atoms with Gasteiger partial charge in [0.15, 0.2) is 0 Å². The molecular formula is C13H21BrN2OS. The minimum atomic E-state index is 0.315. The van der Waals surface area contributed by atoms with Gasteiger partial charge in [0.2, 0.25) is 0 Å². The van der Waals surface area contributed by atoms with Crippen LogP contribution in [0.5, 0.6) is 0 Å². The quantitative estimate of drug-likeness (QED) is 0.870. The van der Waals surface area contributed by atoms with Gasteiger partial charge in [-0.25, -0.2) is 0 Å². The van der Waals surface area contributed by atoms with Crippen LogP contribution in [0.3, 0.4) is 0 Å². The molecule has 0 radical (unpaired) electrons. The van der Waals surface area contributed by atoms with E-state index in [2.05, 4.69) is 39.9 Å². The molecule has 2 rings (SSSR count). The Bertz CT molecular complexity index is 366. The first-order valence-corrected chi connectivity index (χ1v) is 8.16. The van der Waals surface area contributed by atoms with Crippen LogP contribution in [0.25, 0.3) is 0 Å². The molecule has 1 aromatic rings. The lowest BCUT2D eigenvalue weighted by Crippen LogP contribution is -2.38. The van der Waals surface area contributed by atoms with E-state index in [1.54, 1.807) is 11.3 Å². The van der Waals surface area contributed by atoms with Gasteiger partial charge in [-0.05, 0) is 47.4 Å². The van der Waals surface area contributed by atoms with Crippen LogP contribution in [0.4, 0.5) is 0 Å². The van der Waals surface area contributed by atoms with E-state index in [1.165, 1.54) is 21.5 Å². The van der Waals surface area contributed by atoms with Crippen LogP contribution in [-0.2, 0) is 4.74 Å². The molecular weight excluding hydrogens is 312 g/mol. The normalized spacial score (nSPS) is 21.7. The summed E-state index contributed by atoms with van der Waals surface area (Å²) >= 11 is 5.30. The molecule has 0 bridgehead atoms. The molecule has 0 aliphatic carbocycles. The highest BCUT2D eigenvalue weighted by Crippen LogP contribution is 2.31. The summed E-state index contributed by atoms with van der Waals surface area (Å²) in [6, 6.07) is 4.59. The van der Waals surface area contributed by atoms with Crippen LogP contribution in [0.1, 0.15) is 30.7 Å². The molecule has 1 saturated heterocycles. The maximum Gasteiger partial charge on any atom is 0.0703 e. The zero-order valence-corrected chi connectivity index (χ0v) is 13.2. The molecule has 102 valence electrons. The summed E-state index contributed by atoms with van der Waals surface area (Å²) in [5, 5.41) is 0. The predicted molar refractivity (Wildman–Crippen MR) is 80.0 cm³/mol. The average molecular weight is 333 g/mol. The van der Waals surface area contributed by atoms with E-state index in [0.29, 0.717) is 18.7 Å². The van der Waals surface area contributed by atoms with E-state index >= 15 is 0 Å². The first-order valence-electron chi connectivity index (χ1n) is 6.55. The molecule has 2 atom stereocenters. The Hall–Kier alpha value is 0.0600. The number of hydrogen-bond donors (Lipinski definition) is 1. The van der Waals surface area contributed by atoms with E-state index in [4.69, 9.17) is 10.5 Å². The van der Waals surface area contributed by atoms with Gasteiger partial charge in [0.25, 0.3) is 0 Å². The van der Waals surface area contributed by atoms with Gasteiger partial charge in [-0.1, -0.05) is 6.92 Å². The van der Waals surface area contributed by atoms with Crippen LogP contribution in [0.2, 0.25) is 0 Å². The third kappa shape index (κ3) is 3.54. The number of thiophene rings is 1. The molecule has 0 spiro atoms. The largest absolute Gasteiger partial charge is 0.377 e. The van der Waals surface area contributed by atoms with Crippen molar-refractivity contribution in [3.8, 4) is 0 Å². The average Bonchev–Trinajstić information content (AvgIpc) is 3.01. The summed E-state index contributed by atoms with van der Waals surface area (Å²) in [4.78, 5) is 3.78. The lowest BCUT2D eigenvalue weighted by Gasteiger charge is -2.31. The maximum atomic E-state index is 5.97. The van der Waals surface area contributed by atoms with Crippen molar-refractivity contribution in [2.75, 3.05) is 26.2 Å². The van der Waals surface area contributed by atoms with Gasteiger partial charge < -0.3 is 10.5 Å². The first-order chi connectivity index (χ1) is 8.74.